The van der Waals surface area contributed by atoms with Crippen LogP contribution in [-0.4, -0.2) is 32.9 Å². The van der Waals surface area contributed by atoms with Crippen molar-refractivity contribution in [2.45, 2.75) is 58.2 Å². The number of hydrogen-bond donors (Lipinski definition) is 2. The van der Waals surface area contributed by atoms with Crippen LogP contribution in [0.2, 0.25) is 5.02 Å². The summed E-state index contributed by atoms with van der Waals surface area (Å²) in [6.45, 7) is 4.70. The summed E-state index contributed by atoms with van der Waals surface area (Å²) in [6.07, 6.45) is 3.35. The van der Waals surface area contributed by atoms with Crippen LogP contribution in [0.5, 0.6) is 0 Å². The van der Waals surface area contributed by atoms with Gasteiger partial charge in [0.15, 0.2) is 0 Å². The fourth-order valence-electron chi connectivity index (χ4n) is 2.67. The molecule has 0 spiro atoms. The normalized spacial score (nSPS) is 23.5. The largest absolute Gasteiger partial charge is 0.480 e. The zero-order valence-corrected chi connectivity index (χ0v) is 12.1. The first-order chi connectivity index (χ1) is 9.02. The summed E-state index contributed by atoms with van der Waals surface area (Å²) in [7, 11) is 0. The smallest absolute Gasteiger partial charge is 0.320 e. The number of nitrogens with one attached hydrogen (secondary N) is 1. The average molecular weight is 286 g/mol. The molecule has 2 heterocycles. The number of carboxylic acids is 1. The van der Waals surface area contributed by atoms with Crippen LogP contribution in [-0.2, 0) is 17.8 Å². The second-order valence-corrected chi connectivity index (χ2v) is 5.43. The number of halogens is 1. The van der Waals surface area contributed by atoms with Gasteiger partial charge in [-0.3, -0.25) is 9.48 Å². The predicted molar refractivity (Wildman–Crippen MR) is 73.6 cm³/mol. The second-order valence-electron chi connectivity index (χ2n) is 5.05. The molecule has 19 heavy (non-hydrogen) atoms. The van der Waals surface area contributed by atoms with Gasteiger partial charge in [0.05, 0.1) is 16.4 Å². The maximum absolute atomic E-state index is 11.0. The summed E-state index contributed by atoms with van der Waals surface area (Å²) in [4.78, 5) is 11.0. The van der Waals surface area contributed by atoms with E-state index in [-0.39, 0.29) is 6.04 Å². The van der Waals surface area contributed by atoms with E-state index in [9.17, 15) is 4.79 Å². The first kappa shape index (κ1) is 14.3. The van der Waals surface area contributed by atoms with Gasteiger partial charge < -0.3 is 10.4 Å². The van der Waals surface area contributed by atoms with Crippen LogP contribution < -0.4 is 5.32 Å². The summed E-state index contributed by atoms with van der Waals surface area (Å²) in [5, 5.41) is 17.4. The third-order valence-corrected chi connectivity index (χ3v) is 4.16. The Morgan fingerprint density at radius 3 is 2.95 bits per heavy atom. The summed E-state index contributed by atoms with van der Waals surface area (Å²) in [5.74, 6) is -0.768. The van der Waals surface area contributed by atoms with Crippen molar-refractivity contribution in [3.05, 3.63) is 16.4 Å². The highest BCUT2D eigenvalue weighted by molar-refractivity contribution is 6.31. The number of aliphatic carboxylic acids is 1. The van der Waals surface area contributed by atoms with Gasteiger partial charge in [-0.1, -0.05) is 11.6 Å². The number of carboxylic acid groups (broad SMARTS) is 1. The number of rotatable bonds is 4. The van der Waals surface area contributed by atoms with Crippen LogP contribution in [0.25, 0.3) is 0 Å². The molecule has 1 aliphatic rings. The second kappa shape index (κ2) is 5.92. The molecule has 0 aliphatic carbocycles. The van der Waals surface area contributed by atoms with Crippen molar-refractivity contribution in [2.24, 2.45) is 0 Å². The Kier molecular flexibility index (Phi) is 4.47. The molecular formula is C13H20ClN3O2. The van der Waals surface area contributed by atoms with Crippen LogP contribution in [0.1, 0.15) is 37.6 Å². The van der Waals surface area contributed by atoms with Crippen LogP contribution in [0.15, 0.2) is 0 Å². The highest BCUT2D eigenvalue weighted by Crippen LogP contribution is 2.24. The van der Waals surface area contributed by atoms with Gasteiger partial charge in [-0.15, -0.1) is 0 Å². The van der Waals surface area contributed by atoms with E-state index in [4.69, 9.17) is 16.7 Å². The average Bonchev–Trinajstić information content (AvgIpc) is 2.67. The van der Waals surface area contributed by atoms with E-state index in [1.165, 1.54) is 0 Å². The molecule has 2 unspecified atom stereocenters. The quantitative estimate of drug-likeness (QED) is 0.888. The molecular weight excluding hydrogens is 266 g/mol. The van der Waals surface area contributed by atoms with Crippen molar-refractivity contribution >= 4 is 17.6 Å². The highest BCUT2D eigenvalue weighted by Gasteiger charge is 2.27. The summed E-state index contributed by atoms with van der Waals surface area (Å²) in [5.41, 5.74) is 1.84. The Morgan fingerprint density at radius 2 is 2.32 bits per heavy atom. The first-order valence-corrected chi connectivity index (χ1v) is 7.11. The van der Waals surface area contributed by atoms with Crippen molar-refractivity contribution in [1.82, 2.24) is 15.1 Å². The molecule has 1 aliphatic heterocycles. The number of aryl methyl sites for hydroxylation is 2. The topological polar surface area (TPSA) is 67.2 Å². The lowest BCUT2D eigenvalue weighted by Gasteiger charge is -2.28. The Labute approximate surface area is 117 Å². The Bertz CT molecular complexity index is 473. The molecule has 1 aromatic heterocycles. The fraction of sp³-hybridized carbons (Fsp3) is 0.692. The summed E-state index contributed by atoms with van der Waals surface area (Å²) < 4.78 is 1.91. The number of nitrogens with zero attached hydrogens (tertiary/aromatic N) is 2. The lowest BCUT2D eigenvalue weighted by molar-refractivity contribution is -0.140. The SMILES string of the molecule is CCn1nc(C)c(Cl)c1CC1CCCC(C(=O)O)N1. The molecule has 2 N–H and O–H groups in total. The lowest BCUT2D eigenvalue weighted by atomic mass is 9.95. The van der Waals surface area contributed by atoms with Crippen LogP contribution in [0.4, 0.5) is 0 Å². The molecule has 0 saturated carbocycles. The van der Waals surface area contributed by atoms with Gasteiger partial charge in [-0.05, 0) is 33.1 Å². The molecule has 0 radical (unpaired) electrons. The molecule has 0 bridgehead atoms. The van der Waals surface area contributed by atoms with E-state index < -0.39 is 12.0 Å². The molecule has 2 rings (SSSR count). The molecule has 5 nitrogen and oxygen atoms in total. The third-order valence-electron chi connectivity index (χ3n) is 3.67. The fourth-order valence-corrected chi connectivity index (χ4v) is 2.89. The zero-order valence-electron chi connectivity index (χ0n) is 11.3. The summed E-state index contributed by atoms with van der Waals surface area (Å²) in [6, 6.07) is -0.273. The van der Waals surface area contributed by atoms with Gasteiger partial charge in [0.25, 0.3) is 0 Å². The van der Waals surface area contributed by atoms with Crippen LogP contribution >= 0.6 is 11.6 Å². The lowest BCUT2D eigenvalue weighted by Crippen LogP contribution is -2.47. The molecule has 106 valence electrons. The van der Waals surface area contributed by atoms with Crippen molar-refractivity contribution in [3.63, 3.8) is 0 Å². The minimum Gasteiger partial charge on any atom is -0.480 e. The van der Waals surface area contributed by atoms with Crippen molar-refractivity contribution < 1.29 is 9.90 Å². The number of piperidine rings is 1. The first-order valence-electron chi connectivity index (χ1n) is 6.73. The molecule has 1 saturated heterocycles. The van der Waals surface area contributed by atoms with Gasteiger partial charge in [0.1, 0.15) is 6.04 Å². The van der Waals surface area contributed by atoms with Gasteiger partial charge in [0, 0.05) is 19.0 Å². The van der Waals surface area contributed by atoms with Gasteiger partial charge in [0.2, 0.25) is 0 Å². The van der Waals surface area contributed by atoms with Crippen molar-refractivity contribution in [2.75, 3.05) is 0 Å². The van der Waals surface area contributed by atoms with Gasteiger partial charge in [-0.2, -0.15) is 5.10 Å². The van der Waals surface area contributed by atoms with E-state index in [1.807, 2.05) is 18.5 Å². The number of carbonyl (C=O) groups is 1. The molecule has 0 amide bonds. The monoisotopic (exact) mass is 285 g/mol. The van der Waals surface area contributed by atoms with Crippen LogP contribution in [0, 0.1) is 6.92 Å². The van der Waals surface area contributed by atoms with E-state index in [2.05, 4.69) is 10.4 Å². The van der Waals surface area contributed by atoms with E-state index in [1.54, 1.807) is 0 Å². The molecule has 2 atom stereocenters. The minimum absolute atomic E-state index is 0.161. The Morgan fingerprint density at radius 1 is 1.58 bits per heavy atom. The zero-order chi connectivity index (χ0) is 14.0. The highest BCUT2D eigenvalue weighted by atomic mass is 35.5. The Hall–Kier alpha value is -1.07. The maximum Gasteiger partial charge on any atom is 0.320 e. The van der Waals surface area contributed by atoms with Crippen molar-refractivity contribution in [3.8, 4) is 0 Å². The molecule has 6 heteroatoms. The third kappa shape index (κ3) is 3.09. The van der Waals surface area contributed by atoms with E-state index in [0.717, 1.165) is 37.2 Å². The predicted octanol–water partition coefficient (Wildman–Crippen LogP) is 2.00. The van der Waals surface area contributed by atoms with Gasteiger partial charge in [-0.25, -0.2) is 0 Å². The van der Waals surface area contributed by atoms with Crippen LogP contribution in [0.3, 0.4) is 0 Å². The van der Waals surface area contributed by atoms with Crippen molar-refractivity contribution in [1.29, 1.82) is 0 Å². The van der Waals surface area contributed by atoms with E-state index in [0.29, 0.717) is 11.4 Å². The molecule has 1 aromatic rings. The summed E-state index contributed by atoms with van der Waals surface area (Å²) >= 11 is 6.28. The number of aromatic nitrogens is 2. The number of hydrogen-bond acceptors (Lipinski definition) is 3. The minimum atomic E-state index is -0.768. The molecule has 1 fully saturated rings. The Balaban J connectivity index is 2.10. The molecule has 0 aromatic carbocycles. The maximum atomic E-state index is 11.0. The van der Waals surface area contributed by atoms with Gasteiger partial charge >= 0.3 is 5.97 Å². The standard InChI is InChI=1S/C13H20ClN3O2/c1-3-17-11(12(14)8(2)16-17)7-9-5-4-6-10(15-9)13(18)19/h9-10,15H,3-7H2,1-2H3,(H,18,19). The van der Waals surface area contributed by atoms with E-state index >= 15 is 0 Å².